The number of benzene rings is 1. The Bertz CT molecular complexity index is 498. The molecule has 108 valence electrons. The molecule has 1 atom stereocenters. The lowest BCUT2D eigenvalue weighted by molar-refractivity contribution is 0.0764. The first-order chi connectivity index (χ1) is 9.74. The molecule has 0 bridgehead atoms. The molecule has 1 aromatic rings. The maximum absolute atomic E-state index is 12.4. The average molecular weight is 276 g/mol. The summed E-state index contributed by atoms with van der Waals surface area (Å²) in [5.74, 6) is 1.95. The molecule has 5 nitrogen and oxygen atoms in total. The largest absolute Gasteiger partial charge is 0.454 e. The van der Waals surface area contributed by atoms with Crippen molar-refractivity contribution < 1.29 is 14.3 Å². The molecular formula is C15H20N2O3. The minimum absolute atomic E-state index is 0.0360. The molecule has 1 fully saturated rings. The molecule has 0 radical (unpaired) electrons. The first-order valence-corrected chi connectivity index (χ1v) is 7.10. The first-order valence-electron chi connectivity index (χ1n) is 7.10. The third-order valence-electron chi connectivity index (χ3n) is 3.90. The lowest BCUT2D eigenvalue weighted by Gasteiger charge is -2.27. The van der Waals surface area contributed by atoms with Gasteiger partial charge < -0.3 is 19.7 Å². The molecule has 3 rings (SSSR count). The number of fused-ring (bicyclic) bond motifs is 1. The summed E-state index contributed by atoms with van der Waals surface area (Å²) in [7, 11) is 1.86. The van der Waals surface area contributed by atoms with Crippen LogP contribution in [0.4, 0.5) is 0 Å². The quantitative estimate of drug-likeness (QED) is 0.908. The van der Waals surface area contributed by atoms with E-state index < -0.39 is 0 Å². The van der Waals surface area contributed by atoms with Crippen molar-refractivity contribution in [3.8, 4) is 11.5 Å². The molecule has 1 aromatic carbocycles. The highest BCUT2D eigenvalue weighted by Gasteiger charge is 2.21. The van der Waals surface area contributed by atoms with Crippen LogP contribution in [0.2, 0.25) is 0 Å². The van der Waals surface area contributed by atoms with Crippen LogP contribution in [0.3, 0.4) is 0 Å². The molecule has 0 aromatic heterocycles. The van der Waals surface area contributed by atoms with Crippen molar-refractivity contribution in [2.45, 2.75) is 12.8 Å². The van der Waals surface area contributed by atoms with Crippen molar-refractivity contribution in [1.82, 2.24) is 10.2 Å². The van der Waals surface area contributed by atoms with E-state index in [9.17, 15) is 4.79 Å². The Kier molecular flexibility index (Phi) is 3.78. The molecule has 2 aliphatic heterocycles. The highest BCUT2D eigenvalue weighted by Crippen LogP contribution is 2.32. The number of ether oxygens (including phenoxy) is 2. The maximum Gasteiger partial charge on any atom is 0.253 e. The summed E-state index contributed by atoms with van der Waals surface area (Å²) < 4.78 is 10.6. The fourth-order valence-corrected chi connectivity index (χ4v) is 2.80. The molecule has 1 unspecified atom stereocenters. The summed E-state index contributed by atoms with van der Waals surface area (Å²) in [4.78, 5) is 14.2. The molecule has 2 aliphatic rings. The maximum atomic E-state index is 12.4. The molecule has 1 N–H and O–H groups in total. The van der Waals surface area contributed by atoms with E-state index in [2.05, 4.69) is 5.32 Å². The second-order valence-electron chi connectivity index (χ2n) is 5.47. The summed E-state index contributed by atoms with van der Waals surface area (Å²) in [6, 6.07) is 5.36. The number of nitrogens with zero attached hydrogens (tertiary/aromatic N) is 1. The predicted molar refractivity (Wildman–Crippen MR) is 75.1 cm³/mol. The SMILES string of the molecule is CN(CC1CCCNC1)C(=O)c1ccc2c(c1)OCO2. The van der Waals surface area contributed by atoms with E-state index in [1.54, 1.807) is 23.1 Å². The van der Waals surface area contributed by atoms with Gasteiger partial charge in [-0.1, -0.05) is 0 Å². The van der Waals surface area contributed by atoms with Gasteiger partial charge in [0.05, 0.1) is 0 Å². The Balaban J connectivity index is 1.65. The lowest BCUT2D eigenvalue weighted by Crippen LogP contribution is -2.39. The lowest BCUT2D eigenvalue weighted by atomic mass is 9.99. The van der Waals surface area contributed by atoms with Crippen molar-refractivity contribution in [3.63, 3.8) is 0 Å². The molecule has 0 spiro atoms. The number of amides is 1. The van der Waals surface area contributed by atoms with Crippen molar-refractivity contribution in [1.29, 1.82) is 0 Å². The fraction of sp³-hybridized carbons (Fsp3) is 0.533. The summed E-state index contributed by atoms with van der Waals surface area (Å²) in [6.07, 6.45) is 2.38. The van der Waals surface area contributed by atoms with Crippen molar-refractivity contribution in [2.75, 3.05) is 33.5 Å². The number of rotatable bonds is 3. The zero-order chi connectivity index (χ0) is 13.9. The minimum atomic E-state index is 0.0360. The number of hydrogen-bond acceptors (Lipinski definition) is 4. The first kappa shape index (κ1) is 13.2. The van der Waals surface area contributed by atoms with Gasteiger partial charge in [-0.15, -0.1) is 0 Å². The average Bonchev–Trinajstić information content (AvgIpc) is 2.94. The van der Waals surface area contributed by atoms with Crippen LogP contribution >= 0.6 is 0 Å². The van der Waals surface area contributed by atoms with Crippen LogP contribution in [0.1, 0.15) is 23.2 Å². The number of carbonyl (C=O) groups excluding carboxylic acids is 1. The van der Waals surface area contributed by atoms with E-state index in [0.29, 0.717) is 23.0 Å². The predicted octanol–water partition coefficient (Wildman–Crippen LogP) is 1.49. The van der Waals surface area contributed by atoms with E-state index in [1.807, 2.05) is 7.05 Å². The van der Waals surface area contributed by atoms with Gasteiger partial charge in [0.25, 0.3) is 5.91 Å². The highest BCUT2D eigenvalue weighted by atomic mass is 16.7. The smallest absolute Gasteiger partial charge is 0.253 e. The third kappa shape index (κ3) is 2.72. The molecule has 5 heteroatoms. The van der Waals surface area contributed by atoms with Gasteiger partial charge in [0.2, 0.25) is 6.79 Å². The molecular weight excluding hydrogens is 256 g/mol. The topological polar surface area (TPSA) is 50.8 Å². The van der Waals surface area contributed by atoms with Crippen LogP contribution < -0.4 is 14.8 Å². The second kappa shape index (κ2) is 5.71. The molecule has 20 heavy (non-hydrogen) atoms. The van der Waals surface area contributed by atoms with E-state index in [-0.39, 0.29) is 12.7 Å². The Morgan fingerprint density at radius 1 is 1.40 bits per heavy atom. The Hall–Kier alpha value is -1.75. The minimum Gasteiger partial charge on any atom is -0.454 e. The van der Waals surface area contributed by atoms with E-state index in [1.165, 1.54) is 12.8 Å². The number of piperidine rings is 1. The second-order valence-corrected chi connectivity index (χ2v) is 5.47. The summed E-state index contributed by atoms with van der Waals surface area (Å²) in [5, 5.41) is 3.38. The summed E-state index contributed by atoms with van der Waals surface area (Å²) in [5.41, 5.74) is 0.653. The standard InChI is InChI=1S/C15H20N2O3/c1-17(9-11-3-2-6-16-8-11)15(18)12-4-5-13-14(7-12)20-10-19-13/h4-5,7,11,16H,2-3,6,8-10H2,1H3. The van der Waals surface area contributed by atoms with Crippen molar-refractivity contribution >= 4 is 5.91 Å². The van der Waals surface area contributed by atoms with Gasteiger partial charge in [0.15, 0.2) is 11.5 Å². The van der Waals surface area contributed by atoms with E-state index in [0.717, 1.165) is 19.6 Å². The molecule has 1 amide bonds. The van der Waals surface area contributed by atoms with Crippen LogP contribution in [0.15, 0.2) is 18.2 Å². The van der Waals surface area contributed by atoms with Crippen LogP contribution in [0.25, 0.3) is 0 Å². The van der Waals surface area contributed by atoms with Gasteiger partial charge in [0.1, 0.15) is 0 Å². The van der Waals surface area contributed by atoms with Gasteiger partial charge in [-0.25, -0.2) is 0 Å². The van der Waals surface area contributed by atoms with Gasteiger partial charge >= 0.3 is 0 Å². The third-order valence-corrected chi connectivity index (χ3v) is 3.90. The zero-order valence-corrected chi connectivity index (χ0v) is 11.7. The normalized spacial score (nSPS) is 20.8. The van der Waals surface area contributed by atoms with Gasteiger partial charge in [-0.05, 0) is 50.0 Å². The molecule has 0 aliphatic carbocycles. The monoisotopic (exact) mass is 276 g/mol. The summed E-state index contributed by atoms with van der Waals surface area (Å²) >= 11 is 0. The van der Waals surface area contributed by atoms with Crippen LogP contribution in [0.5, 0.6) is 11.5 Å². The zero-order valence-electron chi connectivity index (χ0n) is 11.7. The van der Waals surface area contributed by atoms with Gasteiger partial charge in [-0.3, -0.25) is 4.79 Å². The number of hydrogen-bond donors (Lipinski definition) is 1. The van der Waals surface area contributed by atoms with E-state index >= 15 is 0 Å². The van der Waals surface area contributed by atoms with Crippen molar-refractivity contribution in [2.24, 2.45) is 5.92 Å². The fourth-order valence-electron chi connectivity index (χ4n) is 2.80. The molecule has 2 heterocycles. The van der Waals surface area contributed by atoms with Gasteiger partial charge in [0, 0.05) is 19.2 Å². The number of carbonyl (C=O) groups is 1. The van der Waals surface area contributed by atoms with E-state index in [4.69, 9.17) is 9.47 Å². The Morgan fingerprint density at radius 3 is 3.05 bits per heavy atom. The summed E-state index contributed by atoms with van der Waals surface area (Å²) in [6.45, 7) is 3.12. The van der Waals surface area contributed by atoms with Gasteiger partial charge in [-0.2, -0.15) is 0 Å². The van der Waals surface area contributed by atoms with Crippen LogP contribution in [-0.4, -0.2) is 44.3 Å². The Labute approximate surface area is 118 Å². The Morgan fingerprint density at radius 2 is 2.25 bits per heavy atom. The van der Waals surface area contributed by atoms with Crippen molar-refractivity contribution in [3.05, 3.63) is 23.8 Å². The molecule has 0 saturated carbocycles. The molecule has 1 saturated heterocycles. The number of nitrogens with one attached hydrogen (secondary N) is 1. The van der Waals surface area contributed by atoms with Crippen LogP contribution in [0, 0.1) is 5.92 Å². The highest BCUT2D eigenvalue weighted by molar-refractivity contribution is 5.94. The van der Waals surface area contributed by atoms with Crippen LogP contribution in [-0.2, 0) is 0 Å².